The zero-order valence-electron chi connectivity index (χ0n) is 11.2. The second-order valence-corrected chi connectivity index (χ2v) is 7.23. The van der Waals surface area contributed by atoms with Gasteiger partial charge in [0.25, 0.3) is 0 Å². The first kappa shape index (κ1) is 15.0. The number of rotatable bonds is 4. The smallest absolute Gasteiger partial charge is 0.0583 e. The van der Waals surface area contributed by atoms with Crippen molar-refractivity contribution in [2.75, 3.05) is 0 Å². The highest BCUT2D eigenvalue weighted by atomic mass is 127. The molecular formula is C15H23IO. The van der Waals surface area contributed by atoms with Crippen LogP contribution in [0.25, 0.3) is 0 Å². The highest BCUT2D eigenvalue weighted by molar-refractivity contribution is 14.1. The van der Waals surface area contributed by atoms with Crippen LogP contribution in [0.1, 0.15) is 39.7 Å². The van der Waals surface area contributed by atoms with Gasteiger partial charge in [-0.3, -0.25) is 0 Å². The van der Waals surface area contributed by atoms with Gasteiger partial charge < -0.3 is 5.11 Å². The number of benzene rings is 1. The average Bonchev–Trinajstić information content (AvgIpc) is 2.20. The maximum absolute atomic E-state index is 10.1. The lowest BCUT2D eigenvalue weighted by molar-refractivity contribution is 0.110. The minimum atomic E-state index is -0.232. The van der Waals surface area contributed by atoms with Crippen molar-refractivity contribution >= 4 is 22.6 Å². The van der Waals surface area contributed by atoms with Crippen molar-refractivity contribution in [2.45, 2.75) is 46.6 Å². The minimum Gasteiger partial charge on any atom is -0.393 e. The van der Waals surface area contributed by atoms with Crippen LogP contribution in [0.2, 0.25) is 0 Å². The maximum atomic E-state index is 10.1. The lowest BCUT2D eigenvalue weighted by Crippen LogP contribution is -2.24. The molecule has 1 N–H and O–H groups in total. The second kappa shape index (κ2) is 6.19. The van der Waals surface area contributed by atoms with Gasteiger partial charge in [-0.05, 0) is 64.5 Å². The van der Waals surface area contributed by atoms with Gasteiger partial charge in [-0.2, -0.15) is 0 Å². The van der Waals surface area contributed by atoms with Crippen LogP contribution >= 0.6 is 22.6 Å². The van der Waals surface area contributed by atoms with Gasteiger partial charge in [-0.15, -0.1) is 0 Å². The first-order chi connectivity index (χ1) is 7.79. The number of hydrogen-bond donors (Lipinski definition) is 1. The largest absolute Gasteiger partial charge is 0.393 e. The molecule has 0 saturated heterocycles. The van der Waals surface area contributed by atoms with Crippen LogP contribution in [0.15, 0.2) is 24.3 Å². The third-order valence-corrected chi connectivity index (χ3v) is 4.21. The summed E-state index contributed by atoms with van der Waals surface area (Å²) in [7, 11) is 0. The summed E-state index contributed by atoms with van der Waals surface area (Å²) in [5.41, 5.74) is 1.49. The van der Waals surface area contributed by atoms with Crippen LogP contribution in [0.3, 0.4) is 0 Å². The summed E-state index contributed by atoms with van der Waals surface area (Å²) in [6, 6.07) is 8.39. The van der Waals surface area contributed by atoms with Crippen molar-refractivity contribution < 1.29 is 5.11 Å². The van der Waals surface area contributed by atoms with E-state index in [4.69, 9.17) is 0 Å². The molecule has 1 aromatic carbocycles. The van der Waals surface area contributed by atoms with Gasteiger partial charge in [-0.25, -0.2) is 0 Å². The third-order valence-electron chi connectivity index (χ3n) is 3.49. The molecule has 0 aromatic heterocycles. The van der Waals surface area contributed by atoms with E-state index >= 15 is 0 Å². The summed E-state index contributed by atoms with van der Waals surface area (Å²) in [5, 5.41) is 10.1. The standard InChI is InChI=1S/C15H23IO/c1-11(15(2,3)4)9-14(17)10-12-5-7-13(16)8-6-12/h5-8,11,14,17H,9-10H2,1-4H3. The van der Waals surface area contributed by atoms with Gasteiger partial charge in [0.05, 0.1) is 6.10 Å². The van der Waals surface area contributed by atoms with Crippen LogP contribution in [-0.4, -0.2) is 11.2 Å². The summed E-state index contributed by atoms with van der Waals surface area (Å²) in [6.07, 6.45) is 1.40. The summed E-state index contributed by atoms with van der Waals surface area (Å²) < 4.78 is 1.24. The molecule has 0 aliphatic rings. The Hall–Kier alpha value is -0.0900. The van der Waals surface area contributed by atoms with Crippen molar-refractivity contribution in [3.8, 4) is 0 Å². The number of aliphatic hydroxyl groups is 1. The van der Waals surface area contributed by atoms with Gasteiger partial charge in [0.2, 0.25) is 0 Å². The molecular weight excluding hydrogens is 323 g/mol. The molecule has 0 amide bonds. The quantitative estimate of drug-likeness (QED) is 0.808. The molecule has 0 aliphatic carbocycles. The highest BCUT2D eigenvalue weighted by Crippen LogP contribution is 2.29. The predicted octanol–water partition coefficient (Wildman–Crippen LogP) is 4.27. The highest BCUT2D eigenvalue weighted by Gasteiger charge is 2.22. The molecule has 0 radical (unpaired) electrons. The minimum absolute atomic E-state index is 0.232. The van der Waals surface area contributed by atoms with Gasteiger partial charge in [0.1, 0.15) is 0 Å². The van der Waals surface area contributed by atoms with E-state index in [2.05, 4.69) is 74.6 Å². The Balaban J connectivity index is 2.50. The SMILES string of the molecule is CC(CC(O)Cc1ccc(I)cc1)C(C)(C)C. The molecule has 1 nitrogen and oxygen atoms in total. The molecule has 0 aliphatic heterocycles. The van der Waals surface area contributed by atoms with Crippen molar-refractivity contribution in [3.05, 3.63) is 33.4 Å². The van der Waals surface area contributed by atoms with E-state index in [0.29, 0.717) is 5.92 Å². The fourth-order valence-electron chi connectivity index (χ4n) is 1.74. The van der Waals surface area contributed by atoms with E-state index in [1.54, 1.807) is 0 Å². The van der Waals surface area contributed by atoms with Gasteiger partial charge in [0, 0.05) is 3.57 Å². The monoisotopic (exact) mass is 346 g/mol. The molecule has 1 rings (SSSR count). The topological polar surface area (TPSA) is 20.2 Å². The van der Waals surface area contributed by atoms with Crippen LogP contribution in [0.5, 0.6) is 0 Å². The molecule has 1 aromatic rings. The first-order valence-electron chi connectivity index (χ1n) is 6.21. The fourth-order valence-corrected chi connectivity index (χ4v) is 2.10. The van der Waals surface area contributed by atoms with Crippen LogP contribution in [0, 0.1) is 14.9 Å². The van der Waals surface area contributed by atoms with Crippen LogP contribution in [-0.2, 0) is 6.42 Å². The van der Waals surface area contributed by atoms with E-state index in [1.165, 1.54) is 9.13 Å². The molecule has 96 valence electrons. The van der Waals surface area contributed by atoms with E-state index in [-0.39, 0.29) is 11.5 Å². The number of halogens is 1. The Morgan fingerprint density at radius 2 is 1.71 bits per heavy atom. The summed E-state index contributed by atoms with van der Waals surface area (Å²) >= 11 is 2.30. The molecule has 2 heteroatoms. The molecule has 0 saturated carbocycles. The Labute approximate surface area is 119 Å². The molecule has 0 fully saturated rings. The van der Waals surface area contributed by atoms with Crippen molar-refractivity contribution in [3.63, 3.8) is 0 Å². The summed E-state index contributed by atoms with van der Waals surface area (Å²) in [5.74, 6) is 0.529. The van der Waals surface area contributed by atoms with Gasteiger partial charge >= 0.3 is 0 Å². The lowest BCUT2D eigenvalue weighted by Gasteiger charge is -2.29. The van der Waals surface area contributed by atoms with Crippen LogP contribution in [0.4, 0.5) is 0 Å². The van der Waals surface area contributed by atoms with Crippen LogP contribution < -0.4 is 0 Å². The molecule has 0 heterocycles. The maximum Gasteiger partial charge on any atom is 0.0583 e. The Bertz CT molecular complexity index is 337. The zero-order chi connectivity index (χ0) is 13.1. The lowest BCUT2D eigenvalue weighted by atomic mass is 9.78. The fraction of sp³-hybridized carbons (Fsp3) is 0.600. The summed E-state index contributed by atoms with van der Waals surface area (Å²) in [6.45, 7) is 8.91. The molecule has 0 bridgehead atoms. The average molecular weight is 346 g/mol. The second-order valence-electron chi connectivity index (χ2n) is 5.99. The number of aliphatic hydroxyl groups excluding tert-OH is 1. The zero-order valence-corrected chi connectivity index (χ0v) is 13.4. The molecule has 2 atom stereocenters. The molecule has 17 heavy (non-hydrogen) atoms. The third kappa shape index (κ3) is 5.38. The number of hydrogen-bond acceptors (Lipinski definition) is 1. The van der Waals surface area contributed by atoms with E-state index in [1.807, 2.05) is 0 Å². The molecule has 0 spiro atoms. The van der Waals surface area contributed by atoms with E-state index in [0.717, 1.165) is 12.8 Å². The Kier molecular flexibility index (Phi) is 5.45. The van der Waals surface area contributed by atoms with Crippen molar-refractivity contribution in [1.29, 1.82) is 0 Å². The van der Waals surface area contributed by atoms with Crippen molar-refractivity contribution in [1.82, 2.24) is 0 Å². The first-order valence-corrected chi connectivity index (χ1v) is 7.29. The van der Waals surface area contributed by atoms with E-state index < -0.39 is 0 Å². The Morgan fingerprint density at radius 3 is 2.18 bits per heavy atom. The van der Waals surface area contributed by atoms with Crippen molar-refractivity contribution in [2.24, 2.45) is 11.3 Å². The van der Waals surface area contributed by atoms with Gasteiger partial charge in [0.15, 0.2) is 0 Å². The molecule has 2 unspecified atom stereocenters. The van der Waals surface area contributed by atoms with E-state index in [9.17, 15) is 5.11 Å². The predicted molar refractivity (Wildman–Crippen MR) is 82.1 cm³/mol. The Morgan fingerprint density at radius 1 is 1.18 bits per heavy atom. The normalized spacial score (nSPS) is 15.6. The summed E-state index contributed by atoms with van der Waals surface area (Å²) in [4.78, 5) is 0. The van der Waals surface area contributed by atoms with Gasteiger partial charge in [-0.1, -0.05) is 39.8 Å².